The lowest BCUT2D eigenvalue weighted by Gasteiger charge is -2.16. The number of amides is 1. The minimum absolute atomic E-state index is 0.400. The molecule has 0 spiro atoms. The first-order valence-electron chi connectivity index (χ1n) is 7.95. The van der Waals surface area contributed by atoms with Crippen molar-refractivity contribution in [3.8, 4) is 0 Å². The van der Waals surface area contributed by atoms with E-state index in [0.29, 0.717) is 6.61 Å². The van der Waals surface area contributed by atoms with Gasteiger partial charge >= 0.3 is 6.09 Å². The summed E-state index contributed by atoms with van der Waals surface area (Å²) in [6, 6.07) is 19.8. The normalized spacial score (nSPS) is 10.5. The molecule has 0 unspecified atom stereocenters. The number of para-hydroxylation sites is 1. The lowest BCUT2D eigenvalue weighted by Crippen LogP contribution is -2.24. The first-order valence-corrected chi connectivity index (χ1v) is 7.95. The van der Waals surface area contributed by atoms with E-state index in [1.54, 1.807) is 0 Å². The zero-order valence-electron chi connectivity index (χ0n) is 13.6. The molecule has 1 amide bonds. The monoisotopic (exact) mass is 312 g/mol. The van der Waals surface area contributed by atoms with Gasteiger partial charge in [-0.2, -0.15) is 0 Å². The number of rotatable bonds is 8. The van der Waals surface area contributed by atoms with Gasteiger partial charge in [-0.25, -0.2) is 4.79 Å². The smallest absolute Gasteiger partial charge is 0.411 e. The van der Waals surface area contributed by atoms with Crippen LogP contribution in [0.15, 0.2) is 60.7 Å². The molecule has 0 fully saturated rings. The molecule has 0 aliphatic rings. The SMILES string of the molecule is CN(CCCOC(=O)Nc1ccccc1)CCc1ccccc1. The van der Waals surface area contributed by atoms with Gasteiger partial charge in [0.05, 0.1) is 6.61 Å². The van der Waals surface area contributed by atoms with Crippen molar-refractivity contribution in [2.45, 2.75) is 12.8 Å². The number of benzene rings is 2. The van der Waals surface area contributed by atoms with E-state index in [1.165, 1.54) is 5.56 Å². The summed E-state index contributed by atoms with van der Waals surface area (Å²) in [6.07, 6.45) is 1.46. The van der Waals surface area contributed by atoms with Gasteiger partial charge in [-0.3, -0.25) is 5.32 Å². The third-order valence-corrected chi connectivity index (χ3v) is 3.56. The Hall–Kier alpha value is -2.33. The third kappa shape index (κ3) is 6.98. The van der Waals surface area contributed by atoms with Crippen LogP contribution in [0.3, 0.4) is 0 Å². The van der Waals surface area contributed by atoms with Crippen molar-refractivity contribution in [1.82, 2.24) is 4.90 Å². The Morgan fingerprint density at radius 1 is 1.00 bits per heavy atom. The van der Waals surface area contributed by atoms with Crippen LogP contribution in [0, 0.1) is 0 Å². The Labute approximate surface area is 138 Å². The van der Waals surface area contributed by atoms with E-state index in [-0.39, 0.29) is 0 Å². The summed E-state index contributed by atoms with van der Waals surface area (Å²) in [5.41, 5.74) is 2.09. The highest BCUT2D eigenvalue weighted by atomic mass is 16.5. The number of ether oxygens (including phenoxy) is 1. The largest absolute Gasteiger partial charge is 0.449 e. The number of nitrogens with zero attached hydrogens (tertiary/aromatic N) is 1. The molecule has 0 saturated carbocycles. The number of hydrogen-bond donors (Lipinski definition) is 1. The predicted octanol–water partition coefficient (Wildman–Crippen LogP) is 3.80. The van der Waals surface area contributed by atoms with Crippen LogP contribution in [0.1, 0.15) is 12.0 Å². The lowest BCUT2D eigenvalue weighted by atomic mass is 10.1. The first-order chi connectivity index (χ1) is 11.2. The highest BCUT2D eigenvalue weighted by Gasteiger charge is 2.03. The minimum atomic E-state index is -0.400. The molecule has 0 heterocycles. The zero-order chi connectivity index (χ0) is 16.3. The van der Waals surface area contributed by atoms with Crippen molar-refractivity contribution in [1.29, 1.82) is 0 Å². The number of anilines is 1. The fraction of sp³-hybridized carbons (Fsp3) is 0.316. The minimum Gasteiger partial charge on any atom is -0.449 e. The summed E-state index contributed by atoms with van der Waals surface area (Å²) in [5.74, 6) is 0. The van der Waals surface area contributed by atoms with Crippen LogP contribution in [0.4, 0.5) is 10.5 Å². The van der Waals surface area contributed by atoms with Crippen molar-refractivity contribution in [2.24, 2.45) is 0 Å². The number of likely N-dealkylation sites (N-methyl/N-ethyl adjacent to an activating group) is 1. The summed E-state index contributed by atoms with van der Waals surface area (Å²) < 4.78 is 5.18. The average molecular weight is 312 g/mol. The van der Waals surface area contributed by atoms with Gasteiger partial charge in [0.15, 0.2) is 0 Å². The van der Waals surface area contributed by atoms with Gasteiger partial charge in [-0.05, 0) is 37.6 Å². The third-order valence-electron chi connectivity index (χ3n) is 3.56. The molecule has 2 aromatic rings. The quantitative estimate of drug-likeness (QED) is 0.754. The summed E-state index contributed by atoms with van der Waals surface area (Å²) >= 11 is 0. The van der Waals surface area contributed by atoms with Gasteiger partial charge in [0, 0.05) is 18.8 Å². The molecule has 0 aromatic heterocycles. The fourth-order valence-electron chi connectivity index (χ4n) is 2.25. The molecule has 0 aliphatic heterocycles. The topological polar surface area (TPSA) is 41.6 Å². The standard InChI is InChI=1S/C19H24N2O2/c1-21(15-13-17-9-4-2-5-10-17)14-8-16-23-19(22)20-18-11-6-3-7-12-18/h2-7,9-12H,8,13-16H2,1H3,(H,20,22). The predicted molar refractivity (Wildman–Crippen MR) is 93.7 cm³/mol. The average Bonchev–Trinajstić information content (AvgIpc) is 2.59. The van der Waals surface area contributed by atoms with Gasteiger partial charge in [0.25, 0.3) is 0 Å². The van der Waals surface area contributed by atoms with Crippen molar-refractivity contribution >= 4 is 11.8 Å². The Bertz CT molecular complexity index is 572. The van der Waals surface area contributed by atoms with Crippen LogP contribution >= 0.6 is 0 Å². The Morgan fingerprint density at radius 3 is 2.35 bits per heavy atom. The number of carbonyl (C=O) groups excluding carboxylic acids is 1. The van der Waals surface area contributed by atoms with Crippen molar-refractivity contribution in [2.75, 3.05) is 32.1 Å². The van der Waals surface area contributed by atoms with Gasteiger partial charge in [-0.15, -0.1) is 0 Å². The van der Waals surface area contributed by atoms with Crippen LogP contribution < -0.4 is 5.32 Å². The second-order valence-corrected chi connectivity index (χ2v) is 5.52. The highest BCUT2D eigenvalue weighted by Crippen LogP contribution is 2.05. The molecule has 0 radical (unpaired) electrons. The maximum absolute atomic E-state index is 11.6. The van der Waals surface area contributed by atoms with Crippen LogP contribution in [0.2, 0.25) is 0 Å². The summed E-state index contributed by atoms with van der Waals surface area (Å²) in [6.45, 7) is 2.33. The molecular weight excluding hydrogens is 288 g/mol. The maximum Gasteiger partial charge on any atom is 0.411 e. The molecule has 0 atom stereocenters. The summed E-state index contributed by atoms with van der Waals surface area (Å²) in [7, 11) is 2.09. The Kier molecular flexibility index (Phi) is 7.14. The van der Waals surface area contributed by atoms with E-state index in [0.717, 1.165) is 31.6 Å². The number of carbonyl (C=O) groups is 1. The van der Waals surface area contributed by atoms with Crippen LogP contribution in [0.25, 0.3) is 0 Å². The van der Waals surface area contributed by atoms with Crippen molar-refractivity contribution < 1.29 is 9.53 Å². The Balaban J connectivity index is 1.55. The molecule has 0 aliphatic carbocycles. The first kappa shape index (κ1) is 17.0. The molecule has 0 bridgehead atoms. The number of hydrogen-bond acceptors (Lipinski definition) is 3. The fourth-order valence-corrected chi connectivity index (χ4v) is 2.25. The van der Waals surface area contributed by atoms with E-state index in [4.69, 9.17) is 4.74 Å². The maximum atomic E-state index is 11.6. The Morgan fingerprint density at radius 2 is 1.65 bits per heavy atom. The van der Waals surface area contributed by atoms with Crippen LogP contribution in [-0.4, -0.2) is 37.7 Å². The van der Waals surface area contributed by atoms with Gasteiger partial charge in [0.1, 0.15) is 0 Å². The van der Waals surface area contributed by atoms with Gasteiger partial charge in [-0.1, -0.05) is 48.5 Å². The summed E-state index contributed by atoms with van der Waals surface area (Å²) in [4.78, 5) is 13.9. The number of nitrogens with one attached hydrogen (secondary N) is 1. The molecule has 23 heavy (non-hydrogen) atoms. The van der Waals surface area contributed by atoms with E-state index in [9.17, 15) is 4.79 Å². The second-order valence-electron chi connectivity index (χ2n) is 5.52. The highest BCUT2D eigenvalue weighted by molar-refractivity contribution is 5.84. The van der Waals surface area contributed by atoms with Crippen LogP contribution in [-0.2, 0) is 11.2 Å². The molecule has 122 valence electrons. The van der Waals surface area contributed by atoms with E-state index >= 15 is 0 Å². The van der Waals surface area contributed by atoms with Crippen LogP contribution in [0.5, 0.6) is 0 Å². The molecule has 1 N–H and O–H groups in total. The molecule has 2 aromatic carbocycles. The lowest BCUT2D eigenvalue weighted by molar-refractivity contribution is 0.155. The van der Waals surface area contributed by atoms with Gasteiger partial charge in [0.2, 0.25) is 0 Å². The van der Waals surface area contributed by atoms with E-state index < -0.39 is 6.09 Å². The molecule has 0 saturated heterocycles. The van der Waals surface area contributed by atoms with Crippen molar-refractivity contribution in [3.63, 3.8) is 0 Å². The second kappa shape index (κ2) is 9.64. The van der Waals surface area contributed by atoms with E-state index in [2.05, 4.69) is 41.5 Å². The zero-order valence-corrected chi connectivity index (χ0v) is 13.6. The molecular formula is C19H24N2O2. The molecule has 4 heteroatoms. The molecule has 2 rings (SSSR count). The van der Waals surface area contributed by atoms with Crippen molar-refractivity contribution in [3.05, 3.63) is 66.2 Å². The summed E-state index contributed by atoms with van der Waals surface area (Å²) in [5, 5.41) is 2.70. The van der Waals surface area contributed by atoms with Gasteiger partial charge < -0.3 is 9.64 Å². The molecule has 4 nitrogen and oxygen atoms in total. The van der Waals surface area contributed by atoms with E-state index in [1.807, 2.05) is 36.4 Å².